The normalized spacial score (nSPS) is 10.6. The van der Waals surface area contributed by atoms with Gasteiger partial charge in [0.1, 0.15) is 0 Å². The number of anilines is 2. The second-order valence-electron chi connectivity index (χ2n) is 4.48. The van der Waals surface area contributed by atoms with Gasteiger partial charge in [0.15, 0.2) is 23.3 Å². The predicted molar refractivity (Wildman–Crippen MR) is 74.6 cm³/mol. The van der Waals surface area contributed by atoms with Gasteiger partial charge < -0.3 is 10.6 Å². The second-order valence-corrected chi connectivity index (χ2v) is 4.48. The van der Waals surface area contributed by atoms with Crippen LogP contribution in [0.3, 0.4) is 0 Å². The smallest absolute Gasteiger partial charge is 0.182 e. The molecule has 0 saturated carbocycles. The molecule has 2 N–H and O–H groups in total. The lowest BCUT2D eigenvalue weighted by Gasteiger charge is -2.10. The Labute approximate surface area is 119 Å². The van der Waals surface area contributed by atoms with E-state index in [1.54, 1.807) is 0 Å². The SMILES string of the molecule is CNc1ccc(Cc2ccc(NC)c(F)c2F)c(F)c1F. The minimum absolute atomic E-state index is 0.00781. The summed E-state index contributed by atoms with van der Waals surface area (Å²) in [4.78, 5) is 0. The molecular weight excluding hydrogens is 284 g/mol. The fourth-order valence-electron chi connectivity index (χ4n) is 2.04. The number of hydrogen-bond acceptors (Lipinski definition) is 2. The standard InChI is InChI=1S/C15H14F4N2/c1-20-10-5-3-8(12(16)14(10)18)7-9-4-6-11(21-2)15(19)13(9)17/h3-6,20-21H,7H2,1-2H3. The van der Waals surface area contributed by atoms with Gasteiger partial charge in [0.05, 0.1) is 11.4 Å². The average molecular weight is 298 g/mol. The summed E-state index contributed by atoms with van der Waals surface area (Å²) in [7, 11) is 2.92. The highest BCUT2D eigenvalue weighted by Gasteiger charge is 2.17. The lowest BCUT2D eigenvalue weighted by atomic mass is 10.0. The molecule has 2 nitrogen and oxygen atoms in total. The minimum Gasteiger partial charge on any atom is -0.386 e. The first-order valence-electron chi connectivity index (χ1n) is 6.28. The predicted octanol–water partition coefficient (Wildman–Crippen LogP) is 3.92. The fourth-order valence-corrected chi connectivity index (χ4v) is 2.04. The Balaban J connectivity index is 2.39. The first-order chi connectivity index (χ1) is 9.99. The van der Waals surface area contributed by atoms with Crippen LogP contribution in [0, 0.1) is 23.3 Å². The second kappa shape index (κ2) is 6.03. The molecule has 0 aliphatic heterocycles. The maximum atomic E-state index is 13.9. The summed E-state index contributed by atoms with van der Waals surface area (Å²) in [6.45, 7) is 0. The monoisotopic (exact) mass is 298 g/mol. The first kappa shape index (κ1) is 15.2. The van der Waals surface area contributed by atoms with Gasteiger partial charge in [-0.05, 0) is 23.3 Å². The Morgan fingerprint density at radius 1 is 0.667 bits per heavy atom. The van der Waals surface area contributed by atoms with Crippen LogP contribution in [0.1, 0.15) is 11.1 Å². The quantitative estimate of drug-likeness (QED) is 0.836. The van der Waals surface area contributed by atoms with Crippen molar-refractivity contribution in [3.05, 3.63) is 58.7 Å². The van der Waals surface area contributed by atoms with Gasteiger partial charge in [0.2, 0.25) is 0 Å². The largest absolute Gasteiger partial charge is 0.386 e. The van der Waals surface area contributed by atoms with Crippen LogP contribution in [0.2, 0.25) is 0 Å². The van der Waals surface area contributed by atoms with Crippen LogP contribution in [0.4, 0.5) is 28.9 Å². The summed E-state index contributed by atoms with van der Waals surface area (Å²) in [6.07, 6.45) is -0.237. The van der Waals surface area contributed by atoms with Crippen molar-refractivity contribution < 1.29 is 17.6 Å². The van der Waals surface area contributed by atoms with Gasteiger partial charge in [-0.15, -0.1) is 0 Å². The van der Waals surface area contributed by atoms with Crippen molar-refractivity contribution in [3.63, 3.8) is 0 Å². The van der Waals surface area contributed by atoms with Gasteiger partial charge in [0, 0.05) is 20.5 Å². The van der Waals surface area contributed by atoms with Crippen molar-refractivity contribution in [1.29, 1.82) is 0 Å². The van der Waals surface area contributed by atoms with E-state index in [1.807, 2.05) is 0 Å². The van der Waals surface area contributed by atoms with E-state index in [4.69, 9.17) is 0 Å². The summed E-state index contributed by atoms with van der Waals surface area (Å²) in [5.41, 5.74) is -0.0640. The van der Waals surface area contributed by atoms with E-state index in [0.717, 1.165) is 0 Å². The highest BCUT2D eigenvalue weighted by Crippen LogP contribution is 2.26. The Kier molecular flexibility index (Phi) is 4.35. The molecule has 0 heterocycles. The Morgan fingerprint density at radius 2 is 1.05 bits per heavy atom. The van der Waals surface area contributed by atoms with Crippen LogP contribution in [-0.4, -0.2) is 14.1 Å². The molecule has 0 radical (unpaired) electrons. The van der Waals surface area contributed by atoms with Gasteiger partial charge in [-0.3, -0.25) is 0 Å². The van der Waals surface area contributed by atoms with E-state index in [0.29, 0.717) is 0 Å². The number of halogens is 4. The van der Waals surface area contributed by atoms with Gasteiger partial charge in [-0.1, -0.05) is 12.1 Å². The third-order valence-electron chi connectivity index (χ3n) is 3.24. The molecule has 2 rings (SSSR count). The van der Waals surface area contributed by atoms with E-state index in [9.17, 15) is 17.6 Å². The zero-order valence-corrected chi connectivity index (χ0v) is 11.5. The zero-order chi connectivity index (χ0) is 15.6. The number of nitrogens with one attached hydrogen (secondary N) is 2. The molecule has 6 heteroatoms. The van der Waals surface area contributed by atoms with Gasteiger partial charge in [-0.25, -0.2) is 17.6 Å². The topological polar surface area (TPSA) is 24.1 Å². The van der Waals surface area contributed by atoms with Crippen LogP contribution in [0.25, 0.3) is 0 Å². The van der Waals surface area contributed by atoms with Gasteiger partial charge in [0.25, 0.3) is 0 Å². The molecule has 0 aliphatic rings. The summed E-state index contributed by atoms with van der Waals surface area (Å²) < 4.78 is 55.0. The van der Waals surface area contributed by atoms with E-state index < -0.39 is 23.3 Å². The Bertz CT molecular complexity index is 614. The first-order valence-corrected chi connectivity index (χ1v) is 6.28. The van der Waals surface area contributed by atoms with Crippen molar-refractivity contribution in [2.75, 3.05) is 24.7 Å². The summed E-state index contributed by atoms with van der Waals surface area (Å²) in [5, 5.41) is 5.01. The number of rotatable bonds is 4. The maximum absolute atomic E-state index is 13.9. The van der Waals surface area contributed by atoms with Crippen LogP contribution < -0.4 is 10.6 Å². The maximum Gasteiger partial charge on any atom is 0.182 e. The van der Waals surface area contributed by atoms with Crippen molar-refractivity contribution in [2.24, 2.45) is 0 Å². The zero-order valence-electron chi connectivity index (χ0n) is 11.5. The molecule has 2 aromatic carbocycles. The molecule has 0 unspecified atom stereocenters. The average Bonchev–Trinajstić information content (AvgIpc) is 2.49. The van der Waals surface area contributed by atoms with Gasteiger partial charge in [-0.2, -0.15) is 0 Å². The molecule has 21 heavy (non-hydrogen) atoms. The van der Waals surface area contributed by atoms with E-state index >= 15 is 0 Å². The summed E-state index contributed by atoms with van der Waals surface area (Å²) in [6, 6.07) is 5.38. The van der Waals surface area contributed by atoms with E-state index in [1.165, 1.54) is 38.4 Å². The van der Waals surface area contributed by atoms with Crippen LogP contribution in [-0.2, 0) is 6.42 Å². The molecule has 0 atom stereocenters. The van der Waals surface area contributed by atoms with Crippen molar-refractivity contribution >= 4 is 11.4 Å². The molecular formula is C15H14F4N2. The molecule has 0 bridgehead atoms. The minimum atomic E-state index is -1.07. The molecule has 0 aromatic heterocycles. The van der Waals surface area contributed by atoms with Crippen molar-refractivity contribution in [1.82, 2.24) is 0 Å². The Morgan fingerprint density at radius 3 is 1.38 bits per heavy atom. The fraction of sp³-hybridized carbons (Fsp3) is 0.200. The van der Waals surface area contributed by atoms with E-state index in [-0.39, 0.29) is 28.9 Å². The molecule has 2 aromatic rings. The highest BCUT2D eigenvalue weighted by atomic mass is 19.2. The summed E-state index contributed by atoms with van der Waals surface area (Å²) >= 11 is 0. The summed E-state index contributed by atoms with van der Waals surface area (Å²) in [5.74, 6) is -4.22. The third kappa shape index (κ3) is 2.79. The lowest BCUT2D eigenvalue weighted by molar-refractivity contribution is 0.494. The van der Waals surface area contributed by atoms with Crippen LogP contribution in [0.5, 0.6) is 0 Å². The van der Waals surface area contributed by atoms with E-state index in [2.05, 4.69) is 10.6 Å². The molecule has 0 amide bonds. The Hall–Kier alpha value is -2.24. The molecule has 0 fully saturated rings. The number of benzene rings is 2. The molecule has 0 aliphatic carbocycles. The van der Waals surface area contributed by atoms with Crippen molar-refractivity contribution in [3.8, 4) is 0 Å². The molecule has 0 saturated heterocycles. The highest BCUT2D eigenvalue weighted by molar-refractivity contribution is 5.49. The molecule has 0 spiro atoms. The van der Waals surface area contributed by atoms with Crippen LogP contribution in [0.15, 0.2) is 24.3 Å². The lowest BCUT2D eigenvalue weighted by Crippen LogP contribution is -2.04. The molecule has 112 valence electrons. The van der Waals surface area contributed by atoms with Crippen molar-refractivity contribution in [2.45, 2.75) is 6.42 Å². The third-order valence-corrected chi connectivity index (χ3v) is 3.24. The number of hydrogen-bond donors (Lipinski definition) is 2. The van der Waals surface area contributed by atoms with Gasteiger partial charge >= 0.3 is 0 Å². The van der Waals surface area contributed by atoms with Crippen LogP contribution >= 0.6 is 0 Å².